The van der Waals surface area contributed by atoms with Gasteiger partial charge < -0.3 is 18.9 Å². The summed E-state index contributed by atoms with van der Waals surface area (Å²) in [6.07, 6.45) is 0.576. The van der Waals surface area contributed by atoms with E-state index in [-0.39, 0.29) is 33.3 Å². The first-order valence-corrected chi connectivity index (χ1v) is 15.6. The maximum atomic E-state index is 15.3. The van der Waals surface area contributed by atoms with Gasteiger partial charge in [0.1, 0.15) is 22.3 Å². The molecule has 12 heteroatoms. The zero-order valence-corrected chi connectivity index (χ0v) is 26.4. The Hall–Kier alpha value is -3.98. The Morgan fingerprint density at radius 3 is 2.33 bits per heavy atom. The summed E-state index contributed by atoms with van der Waals surface area (Å²) in [5.41, 5.74) is 2.92. The number of rotatable bonds is 7. The summed E-state index contributed by atoms with van der Waals surface area (Å²) in [6.45, 7) is 3.34. The Labute approximate surface area is 269 Å². The zero-order valence-electron chi connectivity index (χ0n) is 24.8. The van der Waals surface area contributed by atoms with Gasteiger partial charge in [-0.25, -0.2) is 9.37 Å². The maximum absolute atomic E-state index is 15.3. The molecule has 2 aromatic carbocycles. The molecule has 0 radical (unpaired) electrons. The SMILES string of the molecule is CC(=O)O[C@@H]1[C@@H](OC(C)=O)[C@H](Sc2nc(-c3ccc4c(c3)CCCC4)cc(-c3c(F)cccc3Cl)c2C#N)OC[C@H]1OC(C)=O. The normalized spacial score (nSPS) is 20.8. The number of hydrogen-bond donors (Lipinski definition) is 0. The number of thioether (sulfide) groups is 1. The molecule has 0 spiro atoms. The lowest BCUT2D eigenvalue weighted by atomic mass is 9.89. The highest BCUT2D eigenvalue weighted by Crippen LogP contribution is 2.42. The first-order valence-electron chi connectivity index (χ1n) is 14.4. The van der Waals surface area contributed by atoms with Crippen molar-refractivity contribution in [3.8, 4) is 28.5 Å². The van der Waals surface area contributed by atoms with Gasteiger partial charge in [0.15, 0.2) is 18.3 Å². The molecule has 234 valence electrons. The molecule has 1 aromatic heterocycles. The Kier molecular flexibility index (Phi) is 10.1. The van der Waals surface area contributed by atoms with E-state index < -0.39 is 47.5 Å². The lowest BCUT2D eigenvalue weighted by molar-refractivity contribution is -0.213. The molecule has 0 unspecified atom stereocenters. The molecule has 5 rings (SSSR count). The number of nitrogens with zero attached hydrogens (tertiary/aromatic N) is 2. The van der Waals surface area contributed by atoms with Gasteiger partial charge in [-0.2, -0.15) is 5.26 Å². The lowest BCUT2D eigenvalue weighted by Crippen LogP contribution is -2.56. The number of hydrogen-bond acceptors (Lipinski definition) is 10. The number of benzene rings is 2. The number of aromatic nitrogens is 1. The van der Waals surface area contributed by atoms with Gasteiger partial charge in [0.05, 0.1) is 22.9 Å². The van der Waals surface area contributed by atoms with E-state index in [0.29, 0.717) is 5.69 Å². The van der Waals surface area contributed by atoms with Crippen LogP contribution in [0.4, 0.5) is 4.39 Å². The Morgan fingerprint density at radius 1 is 0.978 bits per heavy atom. The molecule has 0 amide bonds. The van der Waals surface area contributed by atoms with E-state index in [4.69, 9.17) is 35.5 Å². The molecular formula is C33H30ClFN2O7S. The fourth-order valence-corrected chi connectivity index (χ4v) is 7.03. The van der Waals surface area contributed by atoms with E-state index in [1.807, 2.05) is 6.07 Å². The summed E-state index contributed by atoms with van der Waals surface area (Å²) < 4.78 is 37.7. The van der Waals surface area contributed by atoms with Crippen LogP contribution in [0.5, 0.6) is 0 Å². The average Bonchev–Trinajstić information content (AvgIpc) is 2.99. The van der Waals surface area contributed by atoms with Gasteiger partial charge in [0.25, 0.3) is 0 Å². The molecule has 1 fully saturated rings. The van der Waals surface area contributed by atoms with Crippen LogP contribution in [0.3, 0.4) is 0 Å². The lowest BCUT2D eigenvalue weighted by Gasteiger charge is -2.40. The van der Waals surface area contributed by atoms with E-state index in [9.17, 15) is 19.6 Å². The molecule has 45 heavy (non-hydrogen) atoms. The average molecular weight is 653 g/mol. The van der Waals surface area contributed by atoms with Gasteiger partial charge in [0.2, 0.25) is 0 Å². The van der Waals surface area contributed by atoms with Gasteiger partial charge in [-0.15, -0.1) is 0 Å². The van der Waals surface area contributed by atoms with Crippen LogP contribution < -0.4 is 0 Å². The maximum Gasteiger partial charge on any atom is 0.303 e. The first kappa shape index (κ1) is 32.4. The minimum atomic E-state index is -1.25. The number of aryl methyl sites for hydroxylation is 2. The number of carbonyl (C=O) groups excluding carboxylic acids is 3. The summed E-state index contributed by atoms with van der Waals surface area (Å²) in [4.78, 5) is 40.9. The predicted octanol–water partition coefficient (Wildman–Crippen LogP) is 6.20. The highest BCUT2D eigenvalue weighted by Gasteiger charge is 2.47. The molecule has 0 N–H and O–H groups in total. The smallest absolute Gasteiger partial charge is 0.303 e. The van der Waals surface area contributed by atoms with Gasteiger partial charge in [-0.3, -0.25) is 14.4 Å². The number of esters is 3. The minimum Gasteiger partial charge on any atom is -0.456 e. The Bertz CT molecular complexity index is 1670. The fraction of sp³-hybridized carbons (Fsp3) is 0.364. The number of pyridine rings is 1. The molecule has 0 saturated carbocycles. The van der Waals surface area contributed by atoms with Crippen LogP contribution in [0.25, 0.3) is 22.4 Å². The van der Waals surface area contributed by atoms with Crippen molar-refractivity contribution in [3.05, 3.63) is 70.0 Å². The van der Waals surface area contributed by atoms with Crippen molar-refractivity contribution < 1.29 is 37.7 Å². The highest BCUT2D eigenvalue weighted by molar-refractivity contribution is 7.99. The number of ether oxygens (including phenoxy) is 4. The molecule has 3 aromatic rings. The van der Waals surface area contributed by atoms with Gasteiger partial charge >= 0.3 is 17.9 Å². The second kappa shape index (κ2) is 14.0. The van der Waals surface area contributed by atoms with Crippen LogP contribution in [0.2, 0.25) is 5.02 Å². The van der Waals surface area contributed by atoms with Crippen LogP contribution in [-0.4, -0.2) is 53.2 Å². The van der Waals surface area contributed by atoms with Crippen molar-refractivity contribution in [2.75, 3.05) is 6.61 Å². The predicted molar refractivity (Wildman–Crippen MR) is 164 cm³/mol. The highest BCUT2D eigenvalue weighted by atomic mass is 35.5. The third-order valence-electron chi connectivity index (χ3n) is 7.51. The van der Waals surface area contributed by atoms with E-state index in [0.717, 1.165) is 43.0 Å². The second-order valence-corrected chi connectivity index (χ2v) is 12.2. The summed E-state index contributed by atoms with van der Waals surface area (Å²) in [6, 6.07) is 14.1. The van der Waals surface area contributed by atoms with E-state index in [1.54, 1.807) is 6.07 Å². The summed E-state index contributed by atoms with van der Waals surface area (Å²) in [7, 11) is 0. The van der Waals surface area contributed by atoms with Gasteiger partial charge in [0, 0.05) is 37.5 Å². The second-order valence-electron chi connectivity index (χ2n) is 10.7. The molecule has 1 saturated heterocycles. The number of halogens is 2. The minimum absolute atomic E-state index is 0.0185. The molecule has 0 bridgehead atoms. The van der Waals surface area contributed by atoms with Crippen molar-refractivity contribution in [2.24, 2.45) is 0 Å². The fourth-order valence-electron chi connectivity index (χ4n) is 5.63. The third-order valence-corrected chi connectivity index (χ3v) is 8.98. The number of carbonyl (C=O) groups is 3. The van der Waals surface area contributed by atoms with Crippen molar-refractivity contribution in [3.63, 3.8) is 0 Å². The third kappa shape index (κ3) is 7.30. The van der Waals surface area contributed by atoms with Crippen molar-refractivity contribution >= 4 is 41.3 Å². The quantitative estimate of drug-likeness (QED) is 0.215. The molecular weight excluding hydrogens is 623 g/mol. The monoisotopic (exact) mass is 652 g/mol. The first-order chi connectivity index (χ1) is 21.5. The molecule has 4 atom stereocenters. The standard InChI is InChI=1S/C33H30ClFN2O7S/c1-17(38)42-28-16-41-33(31(44-19(3)40)30(28)43-18(2)39)45-32-24(15-36)23(29-25(34)9-6-10-26(29)35)14-27(37-32)22-12-11-20-7-4-5-8-21(20)13-22/h6,9-14,28,30-31,33H,4-5,7-8,16H2,1-3H3/t28-,30+,31-,33+/m1/s1. The topological polar surface area (TPSA) is 125 Å². The van der Waals surface area contributed by atoms with Gasteiger partial charge in [-0.05, 0) is 61.1 Å². The van der Waals surface area contributed by atoms with Crippen molar-refractivity contribution in [1.29, 1.82) is 5.26 Å². The van der Waals surface area contributed by atoms with Gasteiger partial charge in [-0.1, -0.05) is 41.6 Å². The van der Waals surface area contributed by atoms with Crippen LogP contribution in [0.1, 0.15) is 50.3 Å². The van der Waals surface area contributed by atoms with Crippen molar-refractivity contribution in [2.45, 2.75) is 75.2 Å². The van der Waals surface area contributed by atoms with E-state index in [1.165, 1.54) is 50.1 Å². The van der Waals surface area contributed by atoms with Crippen molar-refractivity contribution in [1.82, 2.24) is 4.98 Å². The largest absolute Gasteiger partial charge is 0.456 e. The van der Waals surface area contributed by atoms with Crippen LogP contribution in [0.15, 0.2) is 47.5 Å². The summed E-state index contributed by atoms with van der Waals surface area (Å²) in [5.74, 6) is -2.67. The number of nitriles is 1. The molecule has 9 nitrogen and oxygen atoms in total. The molecule has 1 aliphatic carbocycles. The summed E-state index contributed by atoms with van der Waals surface area (Å²) >= 11 is 7.43. The Balaban J connectivity index is 1.64. The van der Waals surface area contributed by atoms with Crippen LogP contribution >= 0.6 is 23.4 Å². The molecule has 2 heterocycles. The summed E-state index contributed by atoms with van der Waals surface area (Å²) in [5, 5.41) is 10.6. The van der Waals surface area contributed by atoms with Crippen LogP contribution in [0, 0.1) is 17.1 Å². The molecule has 2 aliphatic rings. The Morgan fingerprint density at radius 2 is 1.67 bits per heavy atom. The van der Waals surface area contributed by atoms with Crippen LogP contribution in [-0.2, 0) is 46.2 Å². The van der Waals surface area contributed by atoms with E-state index in [2.05, 4.69) is 18.2 Å². The molecule has 1 aliphatic heterocycles. The number of fused-ring (bicyclic) bond motifs is 1. The van der Waals surface area contributed by atoms with E-state index >= 15 is 4.39 Å². The zero-order chi connectivity index (χ0) is 32.2.